The van der Waals surface area contributed by atoms with Crippen molar-refractivity contribution in [2.24, 2.45) is 7.05 Å². The van der Waals surface area contributed by atoms with E-state index >= 15 is 8.78 Å². The summed E-state index contributed by atoms with van der Waals surface area (Å²) in [5, 5.41) is 10.0. The second kappa shape index (κ2) is 8.22. The number of aromatic nitrogens is 4. The third-order valence-electron chi connectivity index (χ3n) is 5.87. The number of carbonyl (C=O) groups excluding carboxylic acids is 1. The lowest BCUT2D eigenvalue weighted by molar-refractivity contribution is -0.114. The number of pyridine rings is 1. The van der Waals surface area contributed by atoms with Crippen molar-refractivity contribution in [3.8, 4) is 11.5 Å². The molecule has 1 aliphatic carbocycles. The van der Waals surface area contributed by atoms with Gasteiger partial charge in [-0.25, -0.2) is 18.7 Å². The highest BCUT2D eigenvalue weighted by Gasteiger charge is 2.54. The van der Waals surface area contributed by atoms with Crippen LogP contribution in [0.5, 0.6) is 11.5 Å². The molecule has 182 valence electrons. The van der Waals surface area contributed by atoms with E-state index in [0.717, 1.165) is 0 Å². The molecule has 0 bridgehead atoms. The van der Waals surface area contributed by atoms with Crippen LogP contribution in [0.3, 0.4) is 0 Å². The van der Waals surface area contributed by atoms with Crippen LogP contribution >= 0.6 is 0 Å². The Morgan fingerprint density at radius 3 is 2.46 bits per heavy atom. The second-order valence-corrected chi connectivity index (χ2v) is 8.29. The lowest BCUT2D eigenvalue weighted by Gasteiger charge is -2.17. The van der Waals surface area contributed by atoms with E-state index in [1.807, 2.05) is 0 Å². The van der Waals surface area contributed by atoms with Gasteiger partial charge in [-0.2, -0.15) is 5.10 Å². The summed E-state index contributed by atoms with van der Waals surface area (Å²) in [6.45, 7) is 1.40. The number of aryl methyl sites for hydroxylation is 1. The zero-order valence-corrected chi connectivity index (χ0v) is 19.4. The minimum absolute atomic E-state index is 0.126. The van der Waals surface area contributed by atoms with E-state index in [4.69, 9.17) is 13.9 Å². The van der Waals surface area contributed by atoms with E-state index in [2.05, 4.69) is 25.7 Å². The quantitative estimate of drug-likeness (QED) is 0.404. The number of rotatable bonds is 7. The average Bonchev–Trinajstić information content (AvgIpc) is 3.37. The molecule has 0 radical (unpaired) electrons. The Morgan fingerprint density at radius 1 is 1.17 bits per heavy atom. The van der Waals surface area contributed by atoms with Gasteiger partial charge in [0, 0.05) is 31.7 Å². The van der Waals surface area contributed by atoms with Crippen LogP contribution in [-0.2, 0) is 17.3 Å². The highest BCUT2D eigenvalue weighted by molar-refractivity contribution is 5.92. The minimum atomic E-state index is -1.08. The number of benzene rings is 1. The normalized spacial score (nSPS) is 14.1. The van der Waals surface area contributed by atoms with E-state index in [9.17, 15) is 4.79 Å². The summed E-state index contributed by atoms with van der Waals surface area (Å²) in [7, 11) is 4.33. The van der Waals surface area contributed by atoms with Gasteiger partial charge in [0.15, 0.2) is 34.5 Å². The Bertz CT molecular complexity index is 1430. The van der Waals surface area contributed by atoms with Crippen molar-refractivity contribution in [3.63, 3.8) is 0 Å². The number of hydrogen-bond donors (Lipinski definition) is 2. The third-order valence-corrected chi connectivity index (χ3v) is 5.87. The summed E-state index contributed by atoms with van der Waals surface area (Å²) in [5.74, 6) is -1.15. The number of halogens is 2. The van der Waals surface area contributed by atoms with Crippen LogP contribution in [0.25, 0.3) is 11.1 Å². The monoisotopic (exact) mass is 484 g/mol. The first kappa shape index (κ1) is 22.6. The maximum atomic E-state index is 15.2. The predicted octanol–water partition coefficient (Wildman–Crippen LogP) is 4.03. The molecule has 1 fully saturated rings. The SMILES string of the molecule is COc1cc(OC)c(F)c(C2(c3nc4cc(Nc5nn(C)cc5NC(C)=O)ncc4o3)CC2)c1F. The molecule has 0 unspecified atom stereocenters. The van der Waals surface area contributed by atoms with Crippen molar-refractivity contribution in [2.45, 2.75) is 25.2 Å². The van der Waals surface area contributed by atoms with Crippen LogP contribution in [0.1, 0.15) is 31.2 Å². The van der Waals surface area contributed by atoms with Crippen LogP contribution in [-0.4, -0.2) is 39.9 Å². The van der Waals surface area contributed by atoms with Crippen LogP contribution in [0.15, 0.2) is 28.9 Å². The van der Waals surface area contributed by atoms with Crippen molar-refractivity contribution in [1.82, 2.24) is 19.7 Å². The molecule has 0 aliphatic heterocycles. The number of fused-ring (bicyclic) bond motifs is 1. The Morgan fingerprint density at radius 2 is 1.86 bits per heavy atom. The summed E-state index contributed by atoms with van der Waals surface area (Å²) in [5.41, 5.74) is 0.00646. The maximum Gasteiger partial charge on any atom is 0.221 e. The minimum Gasteiger partial charge on any atom is -0.494 e. The number of nitrogens with zero attached hydrogens (tertiary/aromatic N) is 4. The molecule has 3 heterocycles. The van der Waals surface area contributed by atoms with E-state index < -0.39 is 17.0 Å². The van der Waals surface area contributed by atoms with Crippen LogP contribution in [0, 0.1) is 11.6 Å². The number of amides is 1. The fourth-order valence-corrected chi connectivity index (χ4v) is 4.09. The highest BCUT2D eigenvalue weighted by Crippen LogP contribution is 2.57. The van der Waals surface area contributed by atoms with Gasteiger partial charge in [-0.15, -0.1) is 0 Å². The van der Waals surface area contributed by atoms with Gasteiger partial charge in [0.1, 0.15) is 17.0 Å². The van der Waals surface area contributed by atoms with Gasteiger partial charge < -0.3 is 24.5 Å². The lowest BCUT2D eigenvalue weighted by Crippen LogP contribution is -2.16. The number of methoxy groups -OCH3 is 2. The Hall–Kier alpha value is -4.22. The van der Waals surface area contributed by atoms with Crippen LogP contribution < -0.4 is 20.1 Å². The zero-order valence-electron chi connectivity index (χ0n) is 19.4. The van der Waals surface area contributed by atoms with E-state index in [1.165, 1.54) is 33.4 Å². The molecular weight excluding hydrogens is 462 g/mol. The largest absolute Gasteiger partial charge is 0.494 e. The molecule has 10 nitrogen and oxygen atoms in total. The fraction of sp³-hybridized carbons (Fsp3) is 0.304. The Kier molecular flexibility index (Phi) is 5.30. The number of anilines is 3. The summed E-state index contributed by atoms with van der Waals surface area (Å²) in [6.07, 6.45) is 4.00. The average molecular weight is 484 g/mol. The molecule has 4 aromatic rings. The molecule has 1 aromatic carbocycles. The molecule has 35 heavy (non-hydrogen) atoms. The topological polar surface area (TPSA) is 116 Å². The molecule has 1 aliphatic rings. The molecule has 12 heteroatoms. The molecule has 5 rings (SSSR count). The molecule has 2 N–H and O–H groups in total. The molecule has 3 aromatic heterocycles. The van der Waals surface area contributed by atoms with Gasteiger partial charge in [0.2, 0.25) is 11.8 Å². The van der Waals surface area contributed by atoms with Crippen molar-refractivity contribution in [3.05, 3.63) is 47.6 Å². The first-order valence-electron chi connectivity index (χ1n) is 10.7. The zero-order chi connectivity index (χ0) is 24.9. The van der Waals surface area contributed by atoms with Gasteiger partial charge in [0.25, 0.3) is 0 Å². The summed E-state index contributed by atoms with van der Waals surface area (Å²) in [6, 6.07) is 2.80. The Labute approximate surface area is 198 Å². The standard InChI is InChI=1S/C23H22F2N6O4/c1-11(32)27-13-10-31(2)30-21(13)29-17-7-12-16(9-26-17)35-22(28-12)23(5-6-23)18-19(24)14(33-3)8-15(34-4)20(18)25/h7-10H,5-6H2,1-4H3,(H,27,32)(H,26,29,30). The first-order chi connectivity index (χ1) is 16.8. The first-order valence-corrected chi connectivity index (χ1v) is 10.7. The van der Waals surface area contributed by atoms with Crippen molar-refractivity contribution < 1.29 is 27.5 Å². The van der Waals surface area contributed by atoms with Gasteiger partial charge in [-0.05, 0) is 12.8 Å². The summed E-state index contributed by atoms with van der Waals surface area (Å²) < 4.78 is 48.0. The van der Waals surface area contributed by atoms with Gasteiger partial charge in [0.05, 0.1) is 32.0 Å². The number of oxazole rings is 1. The Balaban J connectivity index is 1.52. The van der Waals surface area contributed by atoms with Gasteiger partial charge >= 0.3 is 0 Å². The fourth-order valence-electron chi connectivity index (χ4n) is 4.09. The summed E-state index contributed by atoms with van der Waals surface area (Å²) in [4.78, 5) is 20.3. The lowest BCUT2D eigenvalue weighted by atomic mass is 9.93. The maximum absolute atomic E-state index is 15.2. The molecule has 1 amide bonds. The van der Waals surface area contributed by atoms with Crippen molar-refractivity contribution in [2.75, 3.05) is 24.9 Å². The molecular formula is C23H22F2N6O4. The van der Waals surface area contributed by atoms with E-state index in [-0.39, 0.29) is 28.9 Å². The molecule has 1 saturated carbocycles. The second-order valence-electron chi connectivity index (χ2n) is 8.29. The van der Waals surface area contributed by atoms with E-state index in [1.54, 1.807) is 24.0 Å². The van der Waals surface area contributed by atoms with Crippen molar-refractivity contribution >= 4 is 34.3 Å². The molecule has 0 saturated heterocycles. The van der Waals surface area contributed by atoms with Crippen LogP contribution in [0.2, 0.25) is 0 Å². The smallest absolute Gasteiger partial charge is 0.221 e. The number of ether oxygens (including phenoxy) is 2. The number of hydrogen-bond acceptors (Lipinski definition) is 8. The van der Waals surface area contributed by atoms with Crippen LogP contribution in [0.4, 0.5) is 26.1 Å². The summed E-state index contributed by atoms with van der Waals surface area (Å²) >= 11 is 0. The highest BCUT2D eigenvalue weighted by atomic mass is 19.1. The van der Waals surface area contributed by atoms with Gasteiger partial charge in [-0.1, -0.05) is 0 Å². The number of nitrogens with one attached hydrogen (secondary N) is 2. The number of carbonyl (C=O) groups is 1. The van der Waals surface area contributed by atoms with Gasteiger partial charge in [-0.3, -0.25) is 9.48 Å². The third kappa shape index (κ3) is 3.80. The molecule has 0 atom stereocenters. The predicted molar refractivity (Wildman–Crippen MR) is 122 cm³/mol. The van der Waals surface area contributed by atoms with Crippen molar-refractivity contribution in [1.29, 1.82) is 0 Å². The van der Waals surface area contributed by atoms with E-state index in [0.29, 0.717) is 41.3 Å². The molecule has 0 spiro atoms.